The molecule has 17 nitrogen and oxygen atoms in total. The van der Waals surface area contributed by atoms with Crippen LogP contribution >= 0.6 is 30.7 Å². The van der Waals surface area contributed by atoms with Gasteiger partial charge >= 0.3 is 5.97 Å². The van der Waals surface area contributed by atoms with Crippen LogP contribution in [0.5, 0.6) is 5.75 Å². The number of nitrogens with one attached hydrogen (secondary N) is 3. The monoisotopic (exact) mass is 818 g/mol. The molecule has 0 aliphatic carbocycles. The van der Waals surface area contributed by atoms with E-state index in [1.807, 2.05) is 23.7 Å². The highest BCUT2D eigenvalue weighted by Crippen LogP contribution is 2.37. The number of hydrogen-bond donors (Lipinski definition) is 5. The number of ether oxygens (including phenoxy) is 1. The molecular formula is C31H45ClFN10O7PS2. The molecule has 0 saturated carbocycles. The van der Waals surface area contributed by atoms with E-state index in [4.69, 9.17) is 32.8 Å². The Balaban J connectivity index is 0.000000301. The first-order chi connectivity index (χ1) is 24.8. The van der Waals surface area contributed by atoms with Crippen LogP contribution in [0, 0.1) is 23.6 Å². The average molecular weight is 819 g/mol. The summed E-state index contributed by atoms with van der Waals surface area (Å²) in [5, 5.41) is 16.1. The molecule has 292 valence electrons. The summed E-state index contributed by atoms with van der Waals surface area (Å²) in [6.45, 7) is 10.0. The largest absolute Gasteiger partial charge is 0.778 e. The molecule has 2 aliphatic rings. The lowest BCUT2D eigenvalue weighted by Gasteiger charge is -2.28. The molecule has 0 radical (unpaired) electrons. The highest BCUT2D eigenvalue weighted by molar-refractivity contribution is 7.94. The molecule has 3 aromatic rings. The Labute approximate surface area is 319 Å². The third-order valence-corrected chi connectivity index (χ3v) is 7.87. The number of fused-ring (bicyclic) bond motifs is 2. The maximum atomic E-state index is 14.5. The normalized spacial score (nSPS) is 15.1. The summed E-state index contributed by atoms with van der Waals surface area (Å²) >= 11 is 6.92. The number of halogens is 2. The van der Waals surface area contributed by atoms with Gasteiger partial charge in [-0.3, -0.25) is 19.8 Å². The molecule has 2 aliphatic heterocycles. The zero-order chi connectivity index (χ0) is 39.9. The van der Waals surface area contributed by atoms with Gasteiger partial charge in [0.15, 0.2) is 12.4 Å². The fourth-order valence-corrected chi connectivity index (χ4v) is 5.69. The second-order valence-corrected chi connectivity index (χ2v) is 17.4. The molecule has 5 rings (SSSR count). The number of amides is 1. The second kappa shape index (κ2) is 21.2. The van der Waals surface area contributed by atoms with Crippen molar-refractivity contribution in [2.75, 3.05) is 73.4 Å². The van der Waals surface area contributed by atoms with Gasteiger partial charge in [-0.2, -0.15) is 19.3 Å². The highest BCUT2D eigenvalue weighted by atomic mass is 35.5. The molecule has 5 N–H and O–H groups in total. The summed E-state index contributed by atoms with van der Waals surface area (Å²) in [6.07, 6.45) is 12.1. The fraction of sp³-hybridized carbons (Fsp3) is 0.516. The molecule has 2 aromatic heterocycles. The van der Waals surface area contributed by atoms with Crippen LogP contribution in [0.15, 0.2) is 17.1 Å². The molecule has 53 heavy (non-hydrogen) atoms. The third kappa shape index (κ3) is 16.0. The van der Waals surface area contributed by atoms with Gasteiger partial charge in [-0.05, 0) is 47.8 Å². The van der Waals surface area contributed by atoms with Gasteiger partial charge in [0.2, 0.25) is 22.0 Å². The topological polar surface area (TPSA) is 232 Å². The Hall–Kier alpha value is -3.83. The maximum absolute atomic E-state index is 14.5. The zero-order valence-corrected chi connectivity index (χ0v) is 33.8. The Bertz CT molecular complexity index is 1840. The summed E-state index contributed by atoms with van der Waals surface area (Å²) in [5.74, 6) is 2.75. The van der Waals surface area contributed by atoms with Crippen molar-refractivity contribution in [3.05, 3.63) is 33.9 Å². The van der Waals surface area contributed by atoms with E-state index in [1.165, 1.54) is 28.6 Å². The zero-order valence-electron chi connectivity index (χ0n) is 30.5. The number of carbonyl (C=O) groups excluding carboxylic acids is 1. The van der Waals surface area contributed by atoms with Gasteiger partial charge in [0.1, 0.15) is 24.9 Å². The number of aliphatic carboxylic acids is 1. The minimum absolute atomic E-state index is 0.0964. The standard InChI is InChI=1S/C18H17FN4O2S.C7H12ClN5.C3H8NO5P.C3H9S/c1-4-5-22-13-7-12(11(19)6-14(13)25-9-16(22)24)20-17-23-10-18(2,3)8-15(23)21-26-17;1-3-9-6-11-5(8)12-7(13-6)10-4-2;5-3(6)1-4-2-10(7,8)9;1-4(2)3/h1,6-7H,5,8-10H2,2-3H3;3-4H2,1-2H3,(H2,9,10,11,12,13);4H,1-2H2,(H,5,6)(H2,7,8,9);1-3H3/q;;;+1/p-1. The predicted octanol–water partition coefficient (Wildman–Crippen LogP) is 2.30. The number of aromatic nitrogens is 5. The van der Waals surface area contributed by atoms with Gasteiger partial charge in [-0.1, -0.05) is 19.8 Å². The smallest absolute Gasteiger partial charge is 0.317 e. The van der Waals surface area contributed by atoms with E-state index in [1.54, 1.807) is 0 Å². The van der Waals surface area contributed by atoms with Crippen LogP contribution in [0.4, 0.5) is 27.7 Å². The van der Waals surface area contributed by atoms with Crippen molar-refractivity contribution in [2.45, 2.75) is 40.7 Å². The number of nitrogens with zero attached hydrogens (tertiary/aromatic N) is 7. The van der Waals surface area contributed by atoms with Crippen molar-refractivity contribution in [1.82, 2.24) is 29.2 Å². The van der Waals surface area contributed by atoms with E-state index in [-0.39, 0.29) is 35.4 Å². The number of benzene rings is 1. The van der Waals surface area contributed by atoms with E-state index < -0.39 is 32.2 Å². The summed E-state index contributed by atoms with van der Waals surface area (Å²) in [5.41, 5.74) is 0.678. The van der Waals surface area contributed by atoms with Gasteiger partial charge in [-0.15, -0.1) is 6.42 Å². The number of hydrogen-bond acceptors (Lipinski definition) is 14. The molecule has 4 heterocycles. The van der Waals surface area contributed by atoms with Crippen LogP contribution in [0.1, 0.15) is 33.5 Å². The molecule has 0 spiro atoms. The van der Waals surface area contributed by atoms with E-state index in [0.717, 1.165) is 31.9 Å². The Kier molecular flexibility index (Phi) is 18.1. The number of terminal acetylenes is 1. The van der Waals surface area contributed by atoms with Crippen molar-refractivity contribution >= 4 is 76.8 Å². The van der Waals surface area contributed by atoms with Gasteiger partial charge in [0, 0.05) is 43.7 Å². The van der Waals surface area contributed by atoms with E-state index in [2.05, 4.69) is 73.5 Å². The van der Waals surface area contributed by atoms with Crippen LogP contribution in [0.3, 0.4) is 0 Å². The molecule has 1 aromatic carbocycles. The molecule has 1 atom stereocenters. The quantitative estimate of drug-likeness (QED) is 0.112. The van der Waals surface area contributed by atoms with E-state index in [0.29, 0.717) is 39.0 Å². The summed E-state index contributed by atoms with van der Waals surface area (Å²) < 4.78 is 36.3. The number of carboxylic acids is 1. The molecule has 0 bridgehead atoms. The first-order valence-corrected chi connectivity index (χ1v) is 21.3. The van der Waals surface area contributed by atoms with E-state index in [9.17, 15) is 23.4 Å². The van der Waals surface area contributed by atoms with Crippen LogP contribution in [0.25, 0.3) is 0 Å². The van der Waals surface area contributed by atoms with Gasteiger partial charge < -0.3 is 39.4 Å². The van der Waals surface area contributed by atoms with Gasteiger partial charge in [-0.25, -0.2) is 9.38 Å². The first kappa shape index (κ1) is 45.3. The van der Waals surface area contributed by atoms with Gasteiger partial charge in [0.05, 0.1) is 43.8 Å². The summed E-state index contributed by atoms with van der Waals surface area (Å²) in [4.78, 5) is 58.2. The Morgan fingerprint density at radius 2 is 1.83 bits per heavy atom. The lowest BCUT2D eigenvalue weighted by atomic mass is 9.92. The fourth-order valence-electron chi connectivity index (χ4n) is 4.37. The van der Waals surface area contributed by atoms with Crippen LogP contribution in [-0.2, 0) is 38.0 Å². The lowest BCUT2D eigenvalue weighted by Crippen LogP contribution is -2.39. The van der Waals surface area contributed by atoms with Crippen molar-refractivity contribution in [3.63, 3.8) is 0 Å². The van der Waals surface area contributed by atoms with Crippen molar-refractivity contribution in [2.24, 2.45) is 10.4 Å². The number of carboxylic acid groups (broad SMARTS) is 1. The Morgan fingerprint density at radius 1 is 1.23 bits per heavy atom. The molecule has 0 saturated heterocycles. The van der Waals surface area contributed by atoms with Crippen molar-refractivity contribution in [3.8, 4) is 18.1 Å². The minimum Gasteiger partial charge on any atom is -0.778 e. The molecular weight excluding hydrogens is 774 g/mol. The molecule has 1 unspecified atom stereocenters. The first-order valence-electron chi connectivity index (χ1n) is 15.9. The SMILES string of the molecule is C#CCN1C(=O)COc2cc(F)c(N=c3snc4n3CC(C)(C)C4)cc21.CCNc1nc(Cl)nc(NCC)n1.C[S+](C)C.O=C(O)CNCP(=O)([O-])O. The predicted molar refractivity (Wildman–Crippen MR) is 205 cm³/mol. The second-order valence-electron chi connectivity index (χ2n) is 12.3. The minimum atomic E-state index is -4.35. The third-order valence-electron chi connectivity index (χ3n) is 6.30. The van der Waals surface area contributed by atoms with E-state index >= 15 is 0 Å². The maximum Gasteiger partial charge on any atom is 0.317 e. The van der Waals surface area contributed by atoms with Crippen molar-refractivity contribution in [1.29, 1.82) is 0 Å². The average Bonchev–Trinajstić information content (AvgIpc) is 3.53. The number of carbonyl (C=O) groups is 2. The molecule has 0 fully saturated rings. The van der Waals surface area contributed by atoms with Crippen LogP contribution < -0.4 is 35.3 Å². The Morgan fingerprint density at radius 3 is 2.36 bits per heavy atom. The van der Waals surface area contributed by atoms with Crippen LogP contribution in [-0.4, -0.2) is 104 Å². The molecule has 22 heteroatoms. The number of rotatable bonds is 10. The van der Waals surface area contributed by atoms with Gasteiger partial charge in [0.25, 0.3) is 5.91 Å². The number of anilines is 3. The van der Waals surface area contributed by atoms with Crippen LogP contribution in [0.2, 0.25) is 5.28 Å². The summed E-state index contributed by atoms with van der Waals surface area (Å²) in [7, 11) is -3.71. The highest BCUT2D eigenvalue weighted by Gasteiger charge is 2.31. The lowest BCUT2D eigenvalue weighted by molar-refractivity contribution is -0.193. The van der Waals surface area contributed by atoms with Crippen molar-refractivity contribution < 1.29 is 38.2 Å². The molecule has 1 amide bonds. The summed E-state index contributed by atoms with van der Waals surface area (Å²) in [6, 6.07) is 2.76.